The molecule has 0 aromatic carbocycles. The number of nitrogens with two attached hydrogens (primary N) is 2. The smallest absolute Gasteiger partial charge is 0.284 e. The lowest BCUT2D eigenvalue weighted by Crippen LogP contribution is -2.49. The van der Waals surface area contributed by atoms with E-state index in [1.165, 1.54) is 7.11 Å². The molecular weight excluding hydrogens is 200 g/mol. The number of rotatable bonds is 4. The van der Waals surface area contributed by atoms with E-state index in [1.54, 1.807) is 0 Å². The van der Waals surface area contributed by atoms with Crippen LogP contribution in [-0.4, -0.2) is 30.0 Å². The summed E-state index contributed by atoms with van der Waals surface area (Å²) in [6, 6.07) is 0. The third-order valence-electron chi connectivity index (χ3n) is 2.31. The van der Waals surface area contributed by atoms with E-state index in [-0.39, 0.29) is 12.1 Å². The highest BCUT2D eigenvalue weighted by Crippen LogP contribution is 2.26. The Balaban J connectivity index is 2.91. The van der Waals surface area contributed by atoms with E-state index < -0.39 is 10.5 Å². The molecule has 7 nitrogen and oxygen atoms in total. The highest BCUT2D eigenvalue weighted by Gasteiger charge is 2.41. The van der Waals surface area contributed by atoms with Gasteiger partial charge in [0.05, 0.1) is 4.92 Å². The average Bonchev–Trinajstić information content (AvgIpc) is 2.14. The maximum atomic E-state index is 10.7. The first kappa shape index (κ1) is 11.6. The molecule has 0 aromatic heterocycles. The Bertz CT molecular complexity index is 326. The molecule has 0 aliphatic carbocycles. The molecule has 0 radical (unpaired) electrons. The van der Waals surface area contributed by atoms with Gasteiger partial charge in [-0.1, -0.05) is 0 Å². The molecule has 1 unspecified atom stereocenters. The fraction of sp³-hybridized carbons (Fsp3) is 0.625. The maximum absolute atomic E-state index is 10.7. The second kappa shape index (κ2) is 4.37. The summed E-state index contributed by atoms with van der Waals surface area (Å²) in [5.41, 5.74) is 10.2. The second-order valence-corrected chi connectivity index (χ2v) is 3.47. The molecule has 1 rings (SSSR count). The van der Waals surface area contributed by atoms with Crippen LogP contribution >= 0.6 is 0 Å². The second-order valence-electron chi connectivity index (χ2n) is 3.47. The molecular formula is C8H14N4O3. The first-order valence-corrected chi connectivity index (χ1v) is 4.44. The van der Waals surface area contributed by atoms with Gasteiger partial charge in [0.15, 0.2) is 0 Å². The number of amidine groups is 1. The molecule has 0 saturated heterocycles. The number of hydrogen-bond acceptors (Lipinski definition) is 6. The van der Waals surface area contributed by atoms with Crippen LogP contribution < -0.4 is 11.5 Å². The van der Waals surface area contributed by atoms with Crippen molar-refractivity contribution in [2.24, 2.45) is 16.5 Å². The Morgan fingerprint density at radius 1 is 1.80 bits per heavy atom. The van der Waals surface area contributed by atoms with E-state index in [0.29, 0.717) is 18.9 Å². The Morgan fingerprint density at radius 2 is 2.47 bits per heavy atom. The van der Waals surface area contributed by atoms with Gasteiger partial charge in [-0.25, -0.2) is 4.99 Å². The van der Waals surface area contributed by atoms with E-state index in [9.17, 15) is 10.1 Å². The number of nitro groups is 1. The summed E-state index contributed by atoms with van der Waals surface area (Å²) in [6.07, 6.45) is 1.64. The minimum absolute atomic E-state index is 0.117. The quantitative estimate of drug-likeness (QED) is 0.487. The van der Waals surface area contributed by atoms with Crippen LogP contribution in [0.25, 0.3) is 0 Å². The van der Waals surface area contributed by atoms with Gasteiger partial charge in [0, 0.05) is 20.1 Å². The summed E-state index contributed by atoms with van der Waals surface area (Å²) in [5.74, 6) is 0.305. The Hall–Kier alpha value is -1.47. The zero-order valence-corrected chi connectivity index (χ0v) is 8.47. The van der Waals surface area contributed by atoms with Gasteiger partial charge < -0.3 is 16.2 Å². The minimum atomic E-state index is -1.08. The van der Waals surface area contributed by atoms with Crippen molar-refractivity contribution >= 4 is 5.84 Å². The molecule has 0 saturated carbocycles. The van der Waals surface area contributed by atoms with Gasteiger partial charge in [0.25, 0.3) is 5.70 Å². The van der Waals surface area contributed by atoms with Crippen molar-refractivity contribution in [1.29, 1.82) is 0 Å². The van der Waals surface area contributed by atoms with E-state index in [1.807, 2.05) is 0 Å². The van der Waals surface area contributed by atoms with E-state index in [0.717, 1.165) is 6.20 Å². The summed E-state index contributed by atoms with van der Waals surface area (Å²) in [7, 11) is 1.51. The third-order valence-corrected chi connectivity index (χ3v) is 2.31. The SMILES string of the molecule is COCCC1(N)CC(N)=NC=C1[N+](=O)[O-]. The largest absolute Gasteiger partial charge is 0.387 e. The first-order chi connectivity index (χ1) is 6.99. The topological polar surface area (TPSA) is 117 Å². The van der Waals surface area contributed by atoms with Crippen molar-refractivity contribution in [1.82, 2.24) is 0 Å². The maximum Gasteiger partial charge on any atom is 0.284 e. The fourth-order valence-electron chi connectivity index (χ4n) is 1.46. The molecule has 0 amide bonds. The predicted molar refractivity (Wildman–Crippen MR) is 54.7 cm³/mol. The highest BCUT2D eigenvalue weighted by molar-refractivity contribution is 5.83. The lowest BCUT2D eigenvalue weighted by molar-refractivity contribution is -0.435. The van der Waals surface area contributed by atoms with Crippen LogP contribution in [0.15, 0.2) is 16.9 Å². The summed E-state index contributed by atoms with van der Waals surface area (Å²) < 4.78 is 4.86. The van der Waals surface area contributed by atoms with Gasteiger partial charge in [-0.15, -0.1) is 0 Å². The summed E-state index contributed by atoms with van der Waals surface area (Å²) in [5, 5.41) is 10.7. The van der Waals surface area contributed by atoms with Crippen LogP contribution in [0.3, 0.4) is 0 Å². The minimum Gasteiger partial charge on any atom is -0.387 e. The van der Waals surface area contributed by atoms with Crippen molar-refractivity contribution in [3.05, 3.63) is 22.0 Å². The van der Waals surface area contributed by atoms with Gasteiger partial charge in [0.2, 0.25) is 0 Å². The van der Waals surface area contributed by atoms with Gasteiger partial charge in [-0.05, 0) is 6.42 Å². The molecule has 0 spiro atoms. The number of methoxy groups -OCH3 is 1. The molecule has 0 aromatic rings. The Kier molecular flexibility index (Phi) is 3.38. The average molecular weight is 214 g/mol. The molecule has 84 valence electrons. The van der Waals surface area contributed by atoms with Crippen molar-refractivity contribution in [3.8, 4) is 0 Å². The van der Waals surface area contributed by atoms with Gasteiger partial charge in [-0.3, -0.25) is 10.1 Å². The zero-order chi connectivity index (χ0) is 11.5. The molecule has 0 bridgehead atoms. The van der Waals surface area contributed by atoms with Crippen molar-refractivity contribution in [3.63, 3.8) is 0 Å². The number of aliphatic imine (C=N–C) groups is 1. The monoisotopic (exact) mass is 214 g/mol. The number of nitrogens with zero attached hydrogens (tertiary/aromatic N) is 2. The van der Waals surface area contributed by atoms with Crippen LogP contribution in [0.4, 0.5) is 0 Å². The van der Waals surface area contributed by atoms with Crippen molar-refractivity contribution in [2.75, 3.05) is 13.7 Å². The molecule has 1 aliphatic rings. The van der Waals surface area contributed by atoms with Crippen LogP contribution in [0.1, 0.15) is 12.8 Å². The zero-order valence-electron chi connectivity index (χ0n) is 8.47. The van der Waals surface area contributed by atoms with Crippen LogP contribution in [-0.2, 0) is 4.74 Å². The highest BCUT2D eigenvalue weighted by atomic mass is 16.6. The molecule has 1 atom stereocenters. The normalized spacial score (nSPS) is 25.7. The van der Waals surface area contributed by atoms with Crippen molar-refractivity contribution < 1.29 is 9.66 Å². The molecule has 1 aliphatic heterocycles. The summed E-state index contributed by atoms with van der Waals surface area (Å²) in [6.45, 7) is 0.342. The summed E-state index contributed by atoms with van der Waals surface area (Å²) in [4.78, 5) is 13.9. The molecule has 4 N–H and O–H groups in total. The molecule has 7 heteroatoms. The number of hydrogen-bond donors (Lipinski definition) is 2. The Morgan fingerprint density at radius 3 is 3.00 bits per heavy atom. The van der Waals surface area contributed by atoms with E-state index in [4.69, 9.17) is 16.2 Å². The third kappa shape index (κ3) is 2.51. The first-order valence-electron chi connectivity index (χ1n) is 4.44. The number of ether oxygens (including phenoxy) is 1. The van der Waals surface area contributed by atoms with Gasteiger partial charge in [-0.2, -0.15) is 0 Å². The Labute approximate surface area is 86.9 Å². The molecule has 1 heterocycles. The van der Waals surface area contributed by atoms with Crippen LogP contribution in [0, 0.1) is 10.1 Å². The van der Waals surface area contributed by atoms with Crippen molar-refractivity contribution in [2.45, 2.75) is 18.4 Å². The van der Waals surface area contributed by atoms with E-state index in [2.05, 4.69) is 4.99 Å². The molecule has 0 fully saturated rings. The van der Waals surface area contributed by atoms with Crippen LogP contribution in [0.5, 0.6) is 0 Å². The van der Waals surface area contributed by atoms with Gasteiger partial charge >= 0.3 is 0 Å². The predicted octanol–water partition coefficient (Wildman–Crippen LogP) is -0.401. The lowest BCUT2D eigenvalue weighted by atomic mass is 9.87. The summed E-state index contributed by atoms with van der Waals surface area (Å²) >= 11 is 0. The fourth-order valence-corrected chi connectivity index (χ4v) is 1.46. The molecule has 15 heavy (non-hydrogen) atoms. The van der Waals surface area contributed by atoms with Crippen LogP contribution in [0.2, 0.25) is 0 Å². The van der Waals surface area contributed by atoms with Gasteiger partial charge in [0.1, 0.15) is 17.6 Å². The standard InChI is InChI=1S/C8H14N4O3/c1-15-3-2-8(10)4-7(9)11-5-6(8)12(13)14/h5H,2-4,10H2,1H3,(H2,9,11). The van der Waals surface area contributed by atoms with E-state index >= 15 is 0 Å². The lowest BCUT2D eigenvalue weighted by Gasteiger charge is -2.27.